The Kier molecular flexibility index (Phi) is 4.76. The van der Waals surface area contributed by atoms with Crippen molar-refractivity contribution < 1.29 is 9.47 Å². The molecule has 0 saturated carbocycles. The summed E-state index contributed by atoms with van der Waals surface area (Å²) in [4.78, 5) is 13.4. The van der Waals surface area contributed by atoms with E-state index in [1.807, 2.05) is 37.4 Å². The second-order valence-corrected chi connectivity index (χ2v) is 6.13. The van der Waals surface area contributed by atoms with E-state index in [2.05, 4.69) is 20.4 Å². The minimum Gasteiger partial charge on any atom is -0.496 e. The van der Waals surface area contributed by atoms with E-state index >= 15 is 0 Å². The average molecular weight is 376 g/mol. The Morgan fingerprint density at radius 3 is 2.39 bits per heavy atom. The fourth-order valence-corrected chi connectivity index (χ4v) is 3.06. The lowest BCUT2D eigenvalue weighted by atomic mass is 10.1. The van der Waals surface area contributed by atoms with E-state index in [9.17, 15) is 0 Å². The van der Waals surface area contributed by atoms with Gasteiger partial charge in [-0.15, -0.1) is 0 Å². The lowest BCUT2D eigenvalue weighted by Crippen LogP contribution is -2.07. The zero-order valence-electron chi connectivity index (χ0n) is 15.9. The molecule has 0 bridgehead atoms. The number of rotatable bonds is 6. The van der Waals surface area contributed by atoms with Crippen LogP contribution in [0.3, 0.4) is 0 Å². The van der Waals surface area contributed by atoms with Crippen LogP contribution in [0, 0.1) is 0 Å². The predicted octanol–water partition coefficient (Wildman–Crippen LogP) is 3.05. The van der Waals surface area contributed by atoms with Crippen LogP contribution in [0.2, 0.25) is 0 Å². The maximum atomic E-state index is 5.48. The lowest BCUT2D eigenvalue weighted by Gasteiger charge is -2.14. The molecule has 0 fully saturated rings. The summed E-state index contributed by atoms with van der Waals surface area (Å²) in [6, 6.07) is 9.46. The molecular weight excluding hydrogens is 356 g/mol. The molecule has 0 radical (unpaired) electrons. The Balaban J connectivity index is 1.75. The van der Waals surface area contributed by atoms with E-state index in [1.54, 1.807) is 37.5 Å². The number of pyridine rings is 1. The van der Waals surface area contributed by atoms with Crippen molar-refractivity contribution in [1.82, 2.24) is 24.7 Å². The third kappa shape index (κ3) is 3.20. The molecule has 0 unspecified atom stereocenters. The first-order chi connectivity index (χ1) is 13.7. The number of ether oxygens (including phenoxy) is 2. The van der Waals surface area contributed by atoms with E-state index < -0.39 is 0 Å². The molecule has 28 heavy (non-hydrogen) atoms. The summed E-state index contributed by atoms with van der Waals surface area (Å²) in [6.45, 7) is 0.476. The normalized spacial score (nSPS) is 10.8. The van der Waals surface area contributed by atoms with Gasteiger partial charge in [0.1, 0.15) is 17.3 Å². The predicted molar refractivity (Wildman–Crippen MR) is 106 cm³/mol. The Bertz CT molecular complexity index is 1090. The van der Waals surface area contributed by atoms with Crippen molar-refractivity contribution in [3.63, 3.8) is 0 Å². The third-order valence-corrected chi connectivity index (χ3v) is 4.49. The van der Waals surface area contributed by atoms with Gasteiger partial charge in [0.15, 0.2) is 11.5 Å². The zero-order valence-corrected chi connectivity index (χ0v) is 15.9. The fourth-order valence-electron chi connectivity index (χ4n) is 3.06. The van der Waals surface area contributed by atoms with Crippen LogP contribution in [0.15, 0.2) is 48.9 Å². The van der Waals surface area contributed by atoms with Gasteiger partial charge in [0, 0.05) is 31.5 Å². The maximum absolute atomic E-state index is 5.48. The Morgan fingerprint density at radius 1 is 1.00 bits per heavy atom. The van der Waals surface area contributed by atoms with E-state index in [0.717, 1.165) is 33.7 Å². The Labute approximate surface area is 162 Å². The quantitative estimate of drug-likeness (QED) is 0.553. The molecule has 0 atom stereocenters. The van der Waals surface area contributed by atoms with E-state index in [-0.39, 0.29) is 0 Å². The van der Waals surface area contributed by atoms with Gasteiger partial charge in [-0.05, 0) is 24.3 Å². The summed E-state index contributed by atoms with van der Waals surface area (Å²) >= 11 is 0. The van der Waals surface area contributed by atoms with Crippen molar-refractivity contribution in [3.05, 3.63) is 54.5 Å². The number of nitrogens with zero attached hydrogens (tertiary/aromatic N) is 5. The molecule has 0 aliphatic carbocycles. The van der Waals surface area contributed by atoms with Crippen molar-refractivity contribution in [1.29, 1.82) is 0 Å². The highest BCUT2D eigenvalue weighted by atomic mass is 16.5. The van der Waals surface area contributed by atoms with E-state index in [4.69, 9.17) is 14.5 Å². The summed E-state index contributed by atoms with van der Waals surface area (Å²) < 4.78 is 12.7. The van der Waals surface area contributed by atoms with Gasteiger partial charge in [-0.2, -0.15) is 5.10 Å². The first-order valence-corrected chi connectivity index (χ1v) is 8.75. The molecular formula is C20H20N6O2. The van der Waals surface area contributed by atoms with Crippen LogP contribution in [0.1, 0.15) is 5.56 Å². The number of aromatic nitrogens is 5. The number of hydrogen-bond donors (Lipinski definition) is 1. The minimum absolute atomic E-state index is 0.476. The Morgan fingerprint density at radius 2 is 1.71 bits per heavy atom. The van der Waals surface area contributed by atoms with Crippen LogP contribution < -0.4 is 14.8 Å². The molecule has 3 aromatic heterocycles. The van der Waals surface area contributed by atoms with E-state index in [0.29, 0.717) is 18.2 Å². The van der Waals surface area contributed by atoms with Crippen molar-refractivity contribution >= 4 is 16.9 Å². The third-order valence-electron chi connectivity index (χ3n) is 4.49. The van der Waals surface area contributed by atoms with Crippen molar-refractivity contribution in [2.75, 3.05) is 19.5 Å². The van der Waals surface area contributed by atoms with Gasteiger partial charge < -0.3 is 14.8 Å². The molecule has 3 heterocycles. The zero-order chi connectivity index (χ0) is 19.5. The fraction of sp³-hybridized carbons (Fsp3) is 0.200. The highest BCUT2D eigenvalue weighted by molar-refractivity contribution is 5.88. The molecule has 4 aromatic rings. The molecule has 8 heteroatoms. The molecule has 1 N–H and O–H groups in total. The van der Waals surface area contributed by atoms with Crippen LogP contribution in [0.5, 0.6) is 11.5 Å². The molecule has 1 aromatic carbocycles. The van der Waals surface area contributed by atoms with E-state index in [1.165, 1.54) is 0 Å². The number of anilines is 1. The number of hydrogen-bond acceptors (Lipinski definition) is 7. The molecule has 0 aliphatic heterocycles. The van der Waals surface area contributed by atoms with Crippen molar-refractivity contribution in [2.45, 2.75) is 6.54 Å². The van der Waals surface area contributed by atoms with Gasteiger partial charge in [0.05, 0.1) is 31.4 Å². The summed E-state index contributed by atoms with van der Waals surface area (Å²) in [5.41, 5.74) is 2.54. The SMILES string of the molecule is COc1cccc(OC)c1CNc1nc(-c2ccncc2)nc2c1cnn2C. The average Bonchev–Trinajstić information content (AvgIpc) is 3.13. The van der Waals surface area contributed by atoms with Crippen molar-refractivity contribution in [2.24, 2.45) is 7.05 Å². The van der Waals surface area contributed by atoms with Gasteiger partial charge in [0.25, 0.3) is 0 Å². The largest absolute Gasteiger partial charge is 0.496 e. The summed E-state index contributed by atoms with van der Waals surface area (Å²) in [6.07, 6.45) is 5.20. The number of fused-ring (bicyclic) bond motifs is 1. The van der Waals surface area contributed by atoms with Gasteiger partial charge in [-0.3, -0.25) is 9.67 Å². The van der Waals surface area contributed by atoms with Gasteiger partial charge >= 0.3 is 0 Å². The second-order valence-electron chi connectivity index (χ2n) is 6.13. The topological polar surface area (TPSA) is 87.0 Å². The van der Waals surface area contributed by atoms with Gasteiger partial charge in [-0.25, -0.2) is 9.97 Å². The molecule has 4 rings (SSSR count). The standard InChI is InChI=1S/C20H20N6O2/c1-26-20-15(12-23-26)19(24-18(25-20)13-7-9-21-10-8-13)22-11-14-16(27-2)5-4-6-17(14)28-3/h4-10,12H,11H2,1-3H3,(H,22,24,25). The maximum Gasteiger partial charge on any atom is 0.164 e. The van der Waals surface area contributed by atoms with Crippen molar-refractivity contribution in [3.8, 4) is 22.9 Å². The van der Waals surface area contributed by atoms with Gasteiger partial charge in [0.2, 0.25) is 0 Å². The summed E-state index contributed by atoms with van der Waals surface area (Å²) in [5.74, 6) is 2.79. The van der Waals surface area contributed by atoms with Gasteiger partial charge in [-0.1, -0.05) is 6.07 Å². The number of nitrogens with one attached hydrogen (secondary N) is 1. The lowest BCUT2D eigenvalue weighted by molar-refractivity contribution is 0.386. The molecule has 0 saturated heterocycles. The first kappa shape index (κ1) is 17.7. The molecule has 142 valence electrons. The summed E-state index contributed by atoms with van der Waals surface area (Å²) in [7, 11) is 5.15. The highest BCUT2D eigenvalue weighted by Gasteiger charge is 2.15. The monoisotopic (exact) mass is 376 g/mol. The second kappa shape index (κ2) is 7.51. The number of benzene rings is 1. The molecule has 8 nitrogen and oxygen atoms in total. The molecule has 0 amide bonds. The first-order valence-electron chi connectivity index (χ1n) is 8.75. The smallest absolute Gasteiger partial charge is 0.164 e. The van der Waals surface area contributed by atoms with Crippen LogP contribution in [-0.2, 0) is 13.6 Å². The van der Waals surface area contributed by atoms with Crippen LogP contribution in [0.25, 0.3) is 22.4 Å². The van der Waals surface area contributed by atoms with Crippen LogP contribution >= 0.6 is 0 Å². The number of methoxy groups -OCH3 is 2. The highest BCUT2D eigenvalue weighted by Crippen LogP contribution is 2.30. The van der Waals surface area contributed by atoms with Crippen LogP contribution in [-0.4, -0.2) is 39.0 Å². The van der Waals surface area contributed by atoms with Crippen LogP contribution in [0.4, 0.5) is 5.82 Å². The minimum atomic E-state index is 0.476. The Hall–Kier alpha value is -3.68. The summed E-state index contributed by atoms with van der Waals surface area (Å²) in [5, 5.41) is 8.56. The molecule has 0 aliphatic rings. The number of aryl methyl sites for hydroxylation is 1. The molecule has 0 spiro atoms.